The molecule has 1 amide bonds. The van der Waals surface area contributed by atoms with Crippen LogP contribution < -0.4 is 15.2 Å². The molecule has 1 aliphatic heterocycles. The summed E-state index contributed by atoms with van der Waals surface area (Å²) >= 11 is 0. The van der Waals surface area contributed by atoms with Crippen LogP contribution in [0.2, 0.25) is 0 Å². The van der Waals surface area contributed by atoms with Crippen molar-refractivity contribution in [2.45, 2.75) is 31.3 Å². The van der Waals surface area contributed by atoms with Crippen LogP contribution in [0.3, 0.4) is 0 Å². The smallest absolute Gasteiger partial charge is 0.268 e. The molecule has 1 aliphatic rings. The van der Waals surface area contributed by atoms with Gasteiger partial charge in [-0.1, -0.05) is 44.2 Å². The van der Waals surface area contributed by atoms with Crippen molar-refractivity contribution in [2.75, 3.05) is 18.3 Å². The number of nitrogens with zero attached hydrogens (tertiary/aromatic N) is 2. The van der Waals surface area contributed by atoms with E-state index in [2.05, 4.69) is 4.98 Å². The number of carbonyl (C=O) groups excluding carboxylic acids is 2. The van der Waals surface area contributed by atoms with Crippen LogP contribution in [0.1, 0.15) is 29.8 Å². The molecule has 13 heteroatoms. The van der Waals surface area contributed by atoms with E-state index in [1.54, 1.807) is 6.92 Å². The molecule has 0 saturated carbocycles. The summed E-state index contributed by atoms with van der Waals surface area (Å²) in [7, 11) is -8.69. The van der Waals surface area contributed by atoms with Gasteiger partial charge in [0.15, 0.2) is 27.1 Å². The molecule has 0 saturated heterocycles. The van der Waals surface area contributed by atoms with E-state index in [-0.39, 0.29) is 23.0 Å². The van der Waals surface area contributed by atoms with Gasteiger partial charge in [-0.3, -0.25) is 14.6 Å². The number of Topliss-reactive ketones (excluding diaryl/α,β-unsaturated/α-hetero) is 1. The number of aromatic nitrogens is 1. The number of sulfonamides is 1. The quantitative estimate of drug-likeness (QED) is 0.241. The fourth-order valence-electron chi connectivity index (χ4n) is 4.45. The first-order valence-electron chi connectivity index (χ1n) is 12.8. The zero-order valence-corrected chi connectivity index (χ0v) is 24.2. The van der Waals surface area contributed by atoms with Crippen LogP contribution in [0.15, 0.2) is 78.0 Å². The number of amides is 1. The van der Waals surface area contributed by atoms with E-state index >= 15 is 0 Å². The number of hydrogen-bond acceptors (Lipinski definition) is 10. The second-order valence-electron chi connectivity index (χ2n) is 9.93. The molecule has 1 aromatic heterocycles. The zero-order valence-electron chi connectivity index (χ0n) is 22.5. The summed E-state index contributed by atoms with van der Waals surface area (Å²) in [6.07, 6.45) is 1.72. The number of hydrogen-bond donors (Lipinski definition) is 1. The van der Waals surface area contributed by atoms with Gasteiger partial charge < -0.3 is 15.2 Å². The number of rotatable bonds is 12. The second kappa shape index (κ2) is 12.4. The summed E-state index contributed by atoms with van der Waals surface area (Å²) in [6, 6.07) is 16.1. The van der Waals surface area contributed by atoms with E-state index < -0.39 is 61.1 Å². The minimum atomic E-state index is -4.57. The molecule has 4 rings (SSSR count). The Hall–Kier alpha value is -3.81. The monoisotopic (exact) mass is 601 g/mol. The average Bonchev–Trinajstić information content (AvgIpc) is 3.41. The number of pyridine rings is 1. The molecule has 2 N–H and O–H groups in total. The third-order valence-electron chi connectivity index (χ3n) is 6.63. The van der Waals surface area contributed by atoms with E-state index in [0.29, 0.717) is 16.5 Å². The molecule has 3 atom stereocenters. The van der Waals surface area contributed by atoms with Crippen LogP contribution in [-0.4, -0.2) is 62.3 Å². The Balaban J connectivity index is 1.62. The number of ketones is 1. The van der Waals surface area contributed by atoms with E-state index in [0.717, 1.165) is 5.56 Å². The molecule has 3 aromatic rings. The van der Waals surface area contributed by atoms with Gasteiger partial charge in [0.05, 0.1) is 22.7 Å². The first-order valence-corrected chi connectivity index (χ1v) is 16.1. The molecular formula is C28H31N3O8S2. The molecule has 0 fully saturated rings. The molecule has 2 heterocycles. The molecule has 0 radical (unpaired) electrons. The maximum Gasteiger partial charge on any atom is 0.268 e. The summed E-state index contributed by atoms with van der Waals surface area (Å²) in [5.41, 5.74) is 7.46. The van der Waals surface area contributed by atoms with Gasteiger partial charge in [-0.2, -0.15) is 0 Å². The lowest BCUT2D eigenvalue weighted by Crippen LogP contribution is -2.55. The standard InChI is InChI=1S/C28H31N3O8S2/c1-19(13-21-7-4-3-5-8-21)27(29)31(41(36,37)23-10-11-25-26(14-23)39-18-38-25)28(33)20(2)16-40(34,35)17-24(32)22-9-6-12-30-15-22/h3-12,14-15,19-20,27H,13,16-18,29H2,1-2H3/t19-,20?,27-/m0/s1. The Morgan fingerprint density at radius 1 is 0.976 bits per heavy atom. The van der Waals surface area contributed by atoms with Crippen LogP contribution in [0.4, 0.5) is 0 Å². The molecule has 0 aliphatic carbocycles. The lowest BCUT2D eigenvalue weighted by Gasteiger charge is -2.34. The second-order valence-corrected chi connectivity index (χ2v) is 13.9. The third-order valence-corrected chi connectivity index (χ3v) is 10.1. The van der Waals surface area contributed by atoms with Gasteiger partial charge >= 0.3 is 0 Å². The van der Waals surface area contributed by atoms with Crippen molar-refractivity contribution < 1.29 is 35.9 Å². The van der Waals surface area contributed by atoms with Gasteiger partial charge in [0.25, 0.3) is 10.0 Å². The lowest BCUT2D eigenvalue weighted by atomic mass is 9.98. The van der Waals surface area contributed by atoms with Crippen LogP contribution in [0.25, 0.3) is 0 Å². The topological polar surface area (TPSA) is 163 Å². The van der Waals surface area contributed by atoms with Gasteiger partial charge in [-0.25, -0.2) is 21.1 Å². The number of fused-ring (bicyclic) bond motifs is 1. The van der Waals surface area contributed by atoms with Crippen molar-refractivity contribution in [1.82, 2.24) is 9.29 Å². The van der Waals surface area contributed by atoms with E-state index in [4.69, 9.17) is 15.2 Å². The first-order chi connectivity index (χ1) is 19.4. The van der Waals surface area contributed by atoms with Crippen LogP contribution in [-0.2, 0) is 31.1 Å². The summed E-state index contributed by atoms with van der Waals surface area (Å²) < 4.78 is 64.8. The molecule has 1 unspecified atom stereocenters. The van der Waals surface area contributed by atoms with Gasteiger partial charge in [-0.15, -0.1) is 0 Å². The van der Waals surface area contributed by atoms with Gasteiger partial charge in [0.2, 0.25) is 12.7 Å². The third kappa shape index (κ3) is 7.10. The molecule has 11 nitrogen and oxygen atoms in total. The average molecular weight is 602 g/mol. The first kappa shape index (κ1) is 30.2. The summed E-state index contributed by atoms with van der Waals surface area (Å²) in [5, 5.41) is 0. The number of benzene rings is 2. The van der Waals surface area contributed by atoms with Gasteiger partial charge in [0, 0.05) is 24.0 Å². The normalized spacial score (nSPS) is 15.1. The highest BCUT2D eigenvalue weighted by atomic mass is 32.2. The number of carbonyl (C=O) groups is 2. The minimum Gasteiger partial charge on any atom is -0.454 e. The van der Waals surface area contributed by atoms with Gasteiger partial charge in [-0.05, 0) is 42.2 Å². The number of ether oxygens (including phenoxy) is 2. The Morgan fingerprint density at radius 2 is 1.68 bits per heavy atom. The highest BCUT2D eigenvalue weighted by Gasteiger charge is 2.40. The van der Waals surface area contributed by atoms with Gasteiger partial charge in [0.1, 0.15) is 5.75 Å². The van der Waals surface area contributed by atoms with E-state index in [1.807, 2.05) is 30.3 Å². The Labute approximate surface area is 239 Å². The van der Waals surface area contributed by atoms with E-state index in [1.165, 1.54) is 49.6 Å². The summed E-state index contributed by atoms with van der Waals surface area (Å²) in [5.74, 6) is -4.65. The van der Waals surface area contributed by atoms with Crippen molar-refractivity contribution in [1.29, 1.82) is 0 Å². The van der Waals surface area contributed by atoms with Crippen molar-refractivity contribution in [3.63, 3.8) is 0 Å². The van der Waals surface area contributed by atoms with E-state index in [9.17, 15) is 26.4 Å². The summed E-state index contributed by atoms with van der Waals surface area (Å²) in [4.78, 5) is 29.8. The largest absolute Gasteiger partial charge is 0.454 e. The minimum absolute atomic E-state index is 0.0816. The van der Waals surface area contributed by atoms with Crippen molar-refractivity contribution >= 4 is 31.6 Å². The van der Waals surface area contributed by atoms with Crippen LogP contribution in [0.5, 0.6) is 11.5 Å². The molecule has 2 aromatic carbocycles. The maximum atomic E-state index is 13.9. The fraction of sp³-hybridized carbons (Fsp3) is 0.321. The van der Waals surface area contributed by atoms with Crippen molar-refractivity contribution in [2.24, 2.45) is 17.6 Å². The molecule has 218 valence electrons. The van der Waals surface area contributed by atoms with Crippen molar-refractivity contribution in [3.05, 3.63) is 84.2 Å². The Bertz CT molecular complexity index is 1610. The fourth-order valence-corrected chi connectivity index (χ4v) is 7.71. The predicted molar refractivity (Wildman–Crippen MR) is 150 cm³/mol. The highest BCUT2D eigenvalue weighted by Crippen LogP contribution is 2.35. The molecular weight excluding hydrogens is 570 g/mol. The molecule has 41 heavy (non-hydrogen) atoms. The maximum absolute atomic E-state index is 13.9. The van der Waals surface area contributed by atoms with Crippen molar-refractivity contribution in [3.8, 4) is 11.5 Å². The Kier molecular flexibility index (Phi) is 9.10. The number of sulfone groups is 1. The van der Waals surface area contributed by atoms with Crippen LogP contribution >= 0.6 is 0 Å². The molecule has 0 bridgehead atoms. The zero-order chi connectivity index (χ0) is 29.8. The van der Waals surface area contributed by atoms with Crippen LogP contribution in [0, 0.1) is 11.8 Å². The lowest BCUT2D eigenvalue weighted by molar-refractivity contribution is -0.131. The highest BCUT2D eigenvalue weighted by molar-refractivity contribution is 7.92. The number of nitrogens with two attached hydrogens (primary N) is 1. The Morgan fingerprint density at radius 3 is 2.37 bits per heavy atom. The SMILES string of the molecule is CC(CS(=O)(=O)CC(=O)c1cccnc1)C(=O)N([C@H](N)[C@@H](C)Cc1ccccc1)S(=O)(=O)c1ccc2c(c1)OCO2. The summed E-state index contributed by atoms with van der Waals surface area (Å²) in [6.45, 7) is 2.92. The molecule has 0 spiro atoms. The predicted octanol–water partition coefficient (Wildman–Crippen LogP) is 2.42.